The molecule has 0 bridgehead atoms. The molecule has 1 aromatic heterocycles. The van der Waals surface area contributed by atoms with Gasteiger partial charge in [0.1, 0.15) is 0 Å². The maximum atomic E-state index is 2.52. The molecule has 0 spiro atoms. The van der Waals surface area contributed by atoms with Crippen LogP contribution in [0.5, 0.6) is 0 Å². The van der Waals surface area contributed by atoms with Crippen LogP contribution in [0.2, 0.25) is 0 Å². The lowest BCUT2D eigenvalue weighted by atomic mass is 9.78. The quantitative estimate of drug-likeness (QED) is 0.160. The van der Waals surface area contributed by atoms with E-state index in [2.05, 4.69) is 218 Å². The van der Waals surface area contributed by atoms with Crippen molar-refractivity contribution in [2.75, 3.05) is 0 Å². The van der Waals surface area contributed by atoms with Crippen LogP contribution in [0.1, 0.15) is 5.56 Å². The lowest BCUT2D eigenvalue weighted by Crippen LogP contribution is -2.00. The van der Waals surface area contributed by atoms with Gasteiger partial charge in [-0.25, -0.2) is 0 Å². The second-order valence-electron chi connectivity index (χ2n) is 13.3. The number of benzene rings is 8. The third-order valence-electron chi connectivity index (χ3n) is 10.1. The number of nitrogens with zero attached hydrogens (tertiary/aromatic N) is 1. The molecule has 8 aromatic carbocycles. The normalized spacial score (nSPS) is 11.2. The number of aromatic nitrogens is 1. The van der Waals surface area contributed by atoms with Gasteiger partial charge in [-0.1, -0.05) is 200 Å². The summed E-state index contributed by atoms with van der Waals surface area (Å²) in [5.41, 5.74) is 16.7. The van der Waals surface area contributed by atoms with Crippen LogP contribution in [0.4, 0.5) is 0 Å². The molecule has 9 aromatic rings. The van der Waals surface area contributed by atoms with Gasteiger partial charge in [-0.15, -0.1) is 0 Å². The van der Waals surface area contributed by atoms with Crippen molar-refractivity contribution in [1.82, 2.24) is 4.57 Å². The van der Waals surface area contributed by atoms with Gasteiger partial charge in [0.05, 0.1) is 11.4 Å². The third-order valence-corrected chi connectivity index (χ3v) is 10.1. The highest BCUT2D eigenvalue weighted by atomic mass is 15.0. The van der Waals surface area contributed by atoms with Gasteiger partial charge in [0, 0.05) is 27.6 Å². The Morgan fingerprint density at radius 1 is 0.269 bits per heavy atom. The zero-order chi connectivity index (χ0) is 34.9. The fourth-order valence-corrected chi connectivity index (χ4v) is 7.82. The van der Waals surface area contributed by atoms with Crippen molar-refractivity contribution in [3.63, 3.8) is 0 Å². The largest absolute Gasteiger partial charge is 0.308 e. The minimum absolute atomic E-state index is 1.13. The van der Waals surface area contributed by atoms with Crippen molar-refractivity contribution >= 4 is 10.8 Å². The molecular formula is C51H37N. The number of hydrogen-bond donors (Lipinski definition) is 0. The molecule has 0 saturated carbocycles. The molecule has 1 heteroatoms. The third kappa shape index (κ3) is 5.44. The van der Waals surface area contributed by atoms with Crippen molar-refractivity contribution in [1.29, 1.82) is 0 Å². The average molecular weight is 664 g/mol. The van der Waals surface area contributed by atoms with E-state index in [-0.39, 0.29) is 0 Å². The molecule has 0 fully saturated rings. The van der Waals surface area contributed by atoms with E-state index < -0.39 is 0 Å². The molecule has 0 aliphatic carbocycles. The number of aryl methyl sites for hydroxylation is 1. The molecule has 52 heavy (non-hydrogen) atoms. The predicted octanol–water partition coefficient (Wildman–Crippen LogP) is 13.9. The Labute approximate surface area is 305 Å². The molecule has 0 aliphatic rings. The first-order valence-electron chi connectivity index (χ1n) is 18.0. The van der Waals surface area contributed by atoms with E-state index in [1.807, 2.05) is 0 Å². The second-order valence-corrected chi connectivity index (χ2v) is 13.3. The van der Waals surface area contributed by atoms with E-state index in [4.69, 9.17) is 0 Å². The van der Waals surface area contributed by atoms with Gasteiger partial charge < -0.3 is 4.57 Å². The first kappa shape index (κ1) is 31.3. The summed E-state index contributed by atoms with van der Waals surface area (Å²) in [5, 5.41) is 2.46. The molecule has 0 saturated heterocycles. The molecular weight excluding hydrogens is 627 g/mol. The van der Waals surface area contributed by atoms with Gasteiger partial charge in [-0.05, 0) is 63.6 Å². The highest BCUT2D eigenvalue weighted by Crippen LogP contribution is 2.56. The van der Waals surface area contributed by atoms with Gasteiger partial charge in [-0.2, -0.15) is 0 Å². The topological polar surface area (TPSA) is 4.93 Å². The van der Waals surface area contributed by atoms with E-state index in [1.165, 1.54) is 72.2 Å². The zero-order valence-corrected chi connectivity index (χ0v) is 29.1. The van der Waals surface area contributed by atoms with Crippen molar-refractivity contribution < 1.29 is 0 Å². The van der Waals surface area contributed by atoms with Gasteiger partial charge in [0.2, 0.25) is 0 Å². The first-order valence-corrected chi connectivity index (χ1v) is 18.0. The van der Waals surface area contributed by atoms with Crippen LogP contribution in [-0.2, 0) is 0 Å². The molecule has 0 aliphatic heterocycles. The predicted molar refractivity (Wildman–Crippen MR) is 221 cm³/mol. The SMILES string of the molecule is Cc1ccc(-n2c(-c3ccccc3)c3c(-c4ccccc4)c(-c4ccccc4)c(-c4ccccc4)c(-c4ccccc4)c3c2-c2ccccc2)cc1. The number of hydrogen-bond acceptors (Lipinski definition) is 0. The van der Waals surface area contributed by atoms with Gasteiger partial charge in [0.25, 0.3) is 0 Å². The Bertz CT molecular complexity index is 2440. The summed E-state index contributed by atoms with van der Waals surface area (Å²) >= 11 is 0. The standard InChI is InChI=1S/C51H37N/c1-36-32-34-43(35-33-36)52-50(41-28-16-6-17-29-41)48-46(39-24-12-4-13-25-39)44(37-20-8-2-9-21-37)45(38-22-10-3-11-23-38)47(40-26-14-5-15-27-40)49(48)51(52)42-30-18-7-19-31-42/h2-35H,1H3. The molecule has 9 rings (SSSR count). The van der Waals surface area contributed by atoms with E-state index in [0.29, 0.717) is 0 Å². The van der Waals surface area contributed by atoms with Crippen molar-refractivity contribution in [2.45, 2.75) is 6.92 Å². The Kier molecular flexibility index (Phi) is 8.15. The van der Waals surface area contributed by atoms with Crippen molar-refractivity contribution in [3.8, 4) is 72.7 Å². The van der Waals surface area contributed by atoms with E-state index in [1.54, 1.807) is 0 Å². The van der Waals surface area contributed by atoms with E-state index >= 15 is 0 Å². The Morgan fingerprint density at radius 2 is 0.538 bits per heavy atom. The van der Waals surface area contributed by atoms with Crippen LogP contribution in [0, 0.1) is 6.92 Å². The zero-order valence-electron chi connectivity index (χ0n) is 29.1. The number of fused-ring (bicyclic) bond motifs is 1. The summed E-state index contributed by atoms with van der Waals surface area (Å²) in [6.07, 6.45) is 0. The highest BCUT2D eigenvalue weighted by Gasteiger charge is 2.32. The summed E-state index contributed by atoms with van der Waals surface area (Å²) in [7, 11) is 0. The van der Waals surface area contributed by atoms with Crippen LogP contribution in [0.3, 0.4) is 0 Å². The molecule has 1 nitrogen and oxygen atoms in total. The molecule has 0 unspecified atom stereocenters. The Morgan fingerprint density at radius 3 is 0.846 bits per heavy atom. The Hall–Kier alpha value is -6.70. The minimum Gasteiger partial charge on any atom is -0.308 e. The highest BCUT2D eigenvalue weighted by molar-refractivity contribution is 6.26. The van der Waals surface area contributed by atoms with Crippen molar-refractivity contribution in [3.05, 3.63) is 212 Å². The fraction of sp³-hybridized carbons (Fsp3) is 0.0196. The molecule has 246 valence electrons. The summed E-state index contributed by atoms with van der Waals surface area (Å²) in [6.45, 7) is 2.16. The fourth-order valence-electron chi connectivity index (χ4n) is 7.82. The maximum absolute atomic E-state index is 2.52. The molecule has 0 N–H and O–H groups in total. The Balaban J connectivity index is 1.67. The van der Waals surface area contributed by atoms with Crippen LogP contribution in [0.25, 0.3) is 83.5 Å². The van der Waals surface area contributed by atoms with E-state index in [0.717, 1.165) is 16.8 Å². The molecule has 1 heterocycles. The van der Waals surface area contributed by atoms with Gasteiger partial charge in [0.15, 0.2) is 0 Å². The lowest BCUT2D eigenvalue weighted by Gasteiger charge is -2.24. The molecule has 0 radical (unpaired) electrons. The van der Waals surface area contributed by atoms with Crippen LogP contribution >= 0.6 is 0 Å². The molecule has 0 amide bonds. The maximum Gasteiger partial charge on any atom is 0.0620 e. The second kappa shape index (κ2) is 13.5. The average Bonchev–Trinajstić information content (AvgIpc) is 3.58. The number of rotatable bonds is 7. The summed E-state index contributed by atoms with van der Waals surface area (Å²) < 4.78 is 2.52. The minimum atomic E-state index is 1.13. The first-order chi connectivity index (χ1) is 25.8. The monoisotopic (exact) mass is 663 g/mol. The molecule has 0 atom stereocenters. The summed E-state index contributed by atoms with van der Waals surface area (Å²) in [4.78, 5) is 0. The van der Waals surface area contributed by atoms with Crippen LogP contribution in [0.15, 0.2) is 206 Å². The van der Waals surface area contributed by atoms with Crippen LogP contribution in [-0.4, -0.2) is 4.57 Å². The van der Waals surface area contributed by atoms with Crippen molar-refractivity contribution in [2.24, 2.45) is 0 Å². The van der Waals surface area contributed by atoms with Gasteiger partial charge >= 0.3 is 0 Å². The lowest BCUT2D eigenvalue weighted by molar-refractivity contribution is 1.10. The van der Waals surface area contributed by atoms with Gasteiger partial charge in [-0.3, -0.25) is 0 Å². The summed E-state index contributed by atoms with van der Waals surface area (Å²) in [5.74, 6) is 0. The summed E-state index contributed by atoms with van der Waals surface area (Å²) in [6, 6.07) is 74.9. The van der Waals surface area contributed by atoms with E-state index in [9.17, 15) is 0 Å². The van der Waals surface area contributed by atoms with Crippen LogP contribution < -0.4 is 0 Å². The smallest absolute Gasteiger partial charge is 0.0620 e.